The number of aromatic nitrogens is 1. The lowest BCUT2D eigenvalue weighted by atomic mass is 10.3. The molecule has 1 aromatic heterocycles. The summed E-state index contributed by atoms with van der Waals surface area (Å²) in [4.78, 5) is 32.3. The van der Waals surface area contributed by atoms with Gasteiger partial charge >= 0.3 is 5.97 Å². The predicted molar refractivity (Wildman–Crippen MR) is 115 cm³/mol. The molecule has 160 valence electrons. The maximum absolute atomic E-state index is 12.3. The topological polar surface area (TPSA) is 72.0 Å². The summed E-state index contributed by atoms with van der Waals surface area (Å²) in [5.74, 6) is 0.794. The monoisotopic (exact) mass is 451 g/mol. The molecule has 1 aliphatic rings. The van der Waals surface area contributed by atoms with E-state index in [0.29, 0.717) is 55.0 Å². The number of nitrogens with zero attached hydrogens (tertiary/aromatic N) is 3. The molecule has 9 heteroatoms. The van der Waals surface area contributed by atoms with Crippen LogP contribution in [-0.2, 0) is 14.3 Å². The smallest absolute Gasteiger partial charge is 0.306 e. The number of esters is 1. The van der Waals surface area contributed by atoms with Crippen LogP contribution in [0.1, 0.15) is 12.8 Å². The number of piperazine rings is 1. The predicted octanol–water partition coefficient (Wildman–Crippen LogP) is 3.44. The van der Waals surface area contributed by atoms with E-state index in [0.717, 1.165) is 5.82 Å². The van der Waals surface area contributed by atoms with Gasteiger partial charge in [0.05, 0.1) is 11.6 Å². The van der Waals surface area contributed by atoms with Gasteiger partial charge in [-0.05, 0) is 36.8 Å². The van der Waals surface area contributed by atoms with E-state index in [1.165, 1.54) is 0 Å². The molecule has 0 aliphatic carbocycles. The van der Waals surface area contributed by atoms with Crippen molar-refractivity contribution >= 4 is 40.9 Å². The van der Waals surface area contributed by atoms with Crippen molar-refractivity contribution in [2.45, 2.75) is 12.8 Å². The zero-order valence-electron chi connectivity index (χ0n) is 16.4. The number of hydrogen-bond donors (Lipinski definition) is 0. The Morgan fingerprint density at radius 1 is 1.07 bits per heavy atom. The molecule has 0 unspecified atom stereocenters. The summed E-state index contributed by atoms with van der Waals surface area (Å²) in [6, 6.07) is 10.7. The molecule has 0 spiro atoms. The number of ether oxygens (including phenoxy) is 2. The Hall–Kier alpha value is -2.51. The second-order valence-corrected chi connectivity index (χ2v) is 7.59. The minimum absolute atomic E-state index is 0.159. The maximum Gasteiger partial charge on any atom is 0.306 e. The van der Waals surface area contributed by atoms with Crippen molar-refractivity contribution < 1.29 is 19.1 Å². The molecule has 1 saturated heterocycles. The van der Waals surface area contributed by atoms with Gasteiger partial charge in [-0.1, -0.05) is 29.3 Å². The van der Waals surface area contributed by atoms with Crippen LogP contribution in [0, 0.1) is 0 Å². The lowest BCUT2D eigenvalue weighted by Gasteiger charge is -2.35. The molecule has 3 rings (SSSR count). The first-order valence-electron chi connectivity index (χ1n) is 9.70. The molecule has 0 atom stereocenters. The number of halogens is 2. The number of rotatable bonds is 8. The highest BCUT2D eigenvalue weighted by Crippen LogP contribution is 2.27. The van der Waals surface area contributed by atoms with Gasteiger partial charge in [0.15, 0.2) is 6.61 Å². The number of carbonyl (C=O) groups excluding carboxylic acids is 2. The molecule has 1 aliphatic heterocycles. The van der Waals surface area contributed by atoms with Gasteiger partial charge in [-0.3, -0.25) is 9.59 Å². The van der Waals surface area contributed by atoms with Crippen LogP contribution in [-0.4, -0.2) is 61.2 Å². The largest absolute Gasteiger partial charge is 0.492 e. The lowest BCUT2D eigenvalue weighted by Crippen LogP contribution is -2.50. The fourth-order valence-electron chi connectivity index (χ4n) is 3.02. The molecule has 1 aromatic carbocycles. The summed E-state index contributed by atoms with van der Waals surface area (Å²) in [6.45, 7) is 2.60. The number of benzene rings is 1. The van der Waals surface area contributed by atoms with Crippen molar-refractivity contribution in [1.82, 2.24) is 9.88 Å². The zero-order chi connectivity index (χ0) is 21.3. The van der Waals surface area contributed by atoms with Gasteiger partial charge < -0.3 is 19.3 Å². The average molecular weight is 452 g/mol. The van der Waals surface area contributed by atoms with E-state index < -0.39 is 5.97 Å². The van der Waals surface area contributed by atoms with Gasteiger partial charge in [0.1, 0.15) is 11.6 Å². The summed E-state index contributed by atoms with van der Waals surface area (Å²) in [5, 5.41) is 0.942. The molecule has 2 aromatic rings. The third kappa shape index (κ3) is 6.50. The molecule has 30 heavy (non-hydrogen) atoms. The normalized spacial score (nSPS) is 13.8. The molecule has 0 N–H and O–H groups in total. The summed E-state index contributed by atoms with van der Waals surface area (Å²) in [5.41, 5.74) is 0. The maximum atomic E-state index is 12.3. The molecule has 0 saturated carbocycles. The Morgan fingerprint density at radius 2 is 1.87 bits per heavy atom. The fraction of sp³-hybridized carbons (Fsp3) is 0.381. The van der Waals surface area contributed by atoms with Crippen molar-refractivity contribution in [3.05, 3.63) is 52.6 Å². The standard InChI is InChI=1S/C21H23Cl2N3O4/c22-16-6-7-18(17(23)14-16)29-13-3-5-21(28)30-15-20(27)26-11-9-25(10-12-26)19-4-1-2-8-24-19/h1-2,4,6-8,14H,3,5,9-13,15H2. The van der Waals surface area contributed by atoms with Crippen LogP contribution in [0.2, 0.25) is 10.0 Å². The minimum Gasteiger partial charge on any atom is -0.492 e. The van der Waals surface area contributed by atoms with Crippen LogP contribution in [0.3, 0.4) is 0 Å². The lowest BCUT2D eigenvalue weighted by molar-refractivity contribution is -0.152. The van der Waals surface area contributed by atoms with E-state index in [2.05, 4.69) is 9.88 Å². The van der Waals surface area contributed by atoms with Gasteiger partial charge in [0.25, 0.3) is 5.91 Å². The van der Waals surface area contributed by atoms with E-state index in [1.54, 1.807) is 29.3 Å². The van der Waals surface area contributed by atoms with E-state index in [-0.39, 0.29) is 18.9 Å². The van der Waals surface area contributed by atoms with Crippen LogP contribution in [0.4, 0.5) is 5.82 Å². The first-order valence-corrected chi connectivity index (χ1v) is 10.5. The number of carbonyl (C=O) groups is 2. The Balaban J connectivity index is 1.30. The molecular weight excluding hydrogens is 429 g/mol. The highest BCUT2D eigenvalue weighted by atomic mass is 35.5. The van der Waals surface area contributed by atoms with Crippen LogP contribution < -0.4 is 9.64 Å². The first kappa shape index (κ1) is 22.2. The Labute approximate surface area is 185 Å². The fourth-order valence-corrected chi connectivity index (χ4v) is 3.49. The van der Waals surface area contributed by atoms with Crippen molar-refractivity contribution in [3.8, 4) is 5.75 Å². The molecule has 1 fully saturated rings. The minimum atomic E-state index is -0.429. The summed E-state index contributed by atoms with van der Waals surface area (Å²) in [7, 11) is 0. The summed E-state index contributed by atoms with van der Waals surface area (Å²) in [6.07, 6.45) is 2.36. The van der Waals surface area contributed by atoms with Gasteiger partial charge in [-0.15, -0.1) is 0 Å². The van der Waals surface area contributed by atoms with Crippen LogP contribution in [0.25, 0.3) is 0 Å². The number of pyridine rings is 1. The molecule has 2 heterocycles. The van der Waals surface area contributed by atoms with Crippen molar-refractivity contribution in [3.63, 3.8) is 0 Å². The Morgan fingerprint density at radius 3 is 2.57 bits per heavy atom. The quantitative estimate of drug-likeness (QED) is 0.452. The van der Waals surface area contributed by atoms with Crippen LogP contribution >= 0.6 is 23.2 Å². The summed E-state index contributed by atoms with van der Waals surface area (Å²) >= 11 is 11.9. The van der Waals surface area contributed by atoms with E-state index in [1.807, 2.05) is 18.2 Å². The second-order valence-electron chi connectivity index (χ2n) is 6.74. The third-order valence-electron chi connectivity index (χ3n) is 4.64. The highest BCUT2D eigenvalue weighted by Gasteiger charge is 2.22. The number of anilines is 1. The van der Waals surface area contributed by atoms with Crippen molar-refractivity contribution in [1.29, 1.82) is 0 Å². The van der Waals surface area contributed by atoms with Gasteiger partial charge in [-0.25, -0.2) is 4.98 Å². The van der Waals surface area contributed by atoms with Gasteiger partial charge in [0, 0.05) is 43.8 Å². The third-order valence-corrected chi connectivity index (χ3v) is 5.17. The number of hydrogen-bond acceptors (Lipinski definition) is 6. The molecule has 1 amide bonds. The van der Waals surface area contributed by atoms with Crippen LogP contribution in [0.5, 0.6) is 5.75 Å². The van der Waals surface area contributed by atoms with E-state index >= 15 is 0 Å². The van der Waals surface area contributed by atoms with Crippen LogP contribution in [0.15, 0.2) is 42.6 Å². The Bertz CT molecular complexity index is 859. The zero-order valence-corrected chi connectivity index (χ0v) is 17.9. The SMILES string of the molecule is O=C(CCCOc1ccc(Cl)cc1Cl)OCC(=O)N1CCN(c2ccccn2)CC1. The van der Waals surface area contributed by atoms with E-state index in [9.17, 15) is 9.59 Å². The van der Waals surface area contributed by atoms with Crippen molar-refractivity contribution in [2.24, 2.45) is 0 Å². The molecule has 0 radical (unpaired) electrons. The molecular formula is C21H23Cl2N3O4. The van der Waals surface area contributed by atoms with Gasteiger partial charge in [0.2, 0.25) is 0 Å². The molecule has 0 bridgehead atoms. The summed E-state index contributed by atoms with van der Waals surface area (Å²) < 4.78 is 10.6. The van der Waals surface area contributed by atoms with Gasteiger partial charge in [-0.2, -0.15) is 0 Å². The van der Waals surface area contributed by atoms with E-state index in [4.69, 9.17) is 32.7 Å². The Kier molecular flexibility index (Phi) is 8.16. The molecule has 7 nitrogen and oxygen atoms in total. The highest BCUT2D eigenvalue weighted by molar-refractivity contribution is 6.35. The number of amides is 1. The van der Waals surface area contributed by atoms with Crippen molar-refractivity contribution in [2.75, 3.05) is 44.3 Å². The second kappa shape index (κ2) is 11.0. The first-order chi connectivity index (χ1) is 14.5. The average Bonchev–Trinajstić information content (AvgIpc) is 2.77.